The lowest BCUT2D eigenvalue weighted by Gasteiger charge is -2.13. The van der Waals surface area contributed by atoms with E-state index in [1.165, 1.54) is 0 Å². The molecule has 0 spiro atoms. The molecule has 0 heterocycles. The first kappa shape index (κ1) is 11.7. The fourth-order valence-electron chi connectivity index (χ4n) is 1.38. The van der Waals surface area contributed by atoms with E-state index in [9.17, 15) is 9.90 Å². The lowest BCUT2D eigenvalue weighted by atomic mass is 10.0. The number of hydrogen-bond acceptors (Lipinski definition) is 4. The van der Waals surface area contributed by atoms with Crippen molar-refractivity contribution in [2.24, 2.45) is 0 Å². The van der Waals surface area contributed by atoms with Crippen LogP contribution < -0.4 is 10.1 Å². The first-order valence-corrected chi connectivity index (χ1v) is 4.68. The van der Waals surface area contributed by atoms with Gasteiger partial charge in [-0.3, -0.25) is 4.79 Å². The smallest absolute Gasteiger partial charge is 0.150 e. The molecule has 82 valence electrons. The van der Waals surface area contributed by atoms with Crippen LogP contribution in [0.15, 0.2) is 18.2 Å². The van der Waals surface area contributed by atoms with E-state index in [-0.39, 0.29) is 0 Å². The predicted molar refractivity (Wildman–Crippen MR) is 57.3 cm³/mol. The van der Waals surface area contributed by atoms with Crippen LogP contribution in [-0.2, 0) is 0 Å². The van der Waals surface area contributed by atoms with Crippen LogP contribution in [0.2, 0.25) is 0 Å². The summed E-state index contributed by atoms with van der Waals surface area (Å²) < 4.78 is 5.04. The summed E-state index contributed by atoms with van der Waals surface area (Å²) in [5, 5.41) is 12.6. The maximum atomic E-state index is 10.8. The van der Waals surface area contributed by atoms with Crippen LogP contribution >= 0.6 is 0 Å². The van der Waals surface area contributed by atoms with Gasteiger partial charge in [0.1, 0.15) is 12.0 Å². The summed E-state index contributed by atoms with van der Waals surface area (Å²) >= 11 is 0. The zero-order chi connectivity index (χ0) is 11.3. The molecule has 0 fully saturated rings. The van der Waals surface area contributed by atoms with Gasteiger partial charge in [0, 0.05) is 12.1 Å². The highest BCUT2D eigenvalue weighted by molar-refractivity contribution is 5.78. The number of carbonyl (C=O) groups excluding carboxylic acids is 1. The molecular formula is C11H15NO3. The number of ether oxygens (including phenoxy) is 1. The van der Waals surface area contributed by atoms with Gasteiger partial charge in [-0.05, 0) is 30.8 Å². The average molecular weight is 209 g/mol. The van der Waals surface area contributed by atoms with Gasteiger partial charge in [-0.15, -0.1) is 0 Å². The minimum Gasteiger partial charge on any atom is -0.497 e. The van der Waals surface area contributed by atoms with Gasteiger partial charge in [0.05, 0.1) is 13.2 Å². The van der Waals surface area contributed by atoms with Crippen molar-refractivity contribution < 1.29 is 14.6 Å². The second kappa shape index (κ2) is 5.48. The zero-order valence-corrected chi connectivity index (χ0v) is 8.86. The van der Waals surface area contributed by atoms with Crippen LogP contribution in [0, 0.1) is 0 Å². The third kappa shape index (κ3) is 2.78. The highest BCUT2D eigenvalue weighted by Gasteiger charge is 2.12. The van der Waals surface area contributed by atoms with Crippen molar-refractivity contribution in [3.05, 3.63) is 29.3 Å². The Hall–Kier alpha value is -1.39. The van der Waals surface area contributed by atoms with E-state index < -0.39 is 6.10 Å². The SMILES string of the molecule is CNCC(O)c1cc(OC)ccc1C=O. The molecular weight excluding hydrogens is 194 g/mol. The molecule has 1 aromatic rings. The average Bonchev–Trinajstić information content (AvgIpc) is 2.28. The minimum atomic E-state index is -0.703. The van der Waals surface area contributed by atoms with Crippen molar-refractivity contribution >= 4 is 6.29 Å². The summed E-state index contributed by atoms with van der Waals surface area (Å²) in [5.74, 6) is 0.630. The zero-order valence-electron chi connectivity index (χ0n) is 8.86. The Balaban J connectivity index is 3.05. The van der Waals surface area contributed by atoms with Crippen molar-refractivity contribution in [1.29, 1.82) is 0 Å². The lowest BCUT2D eigenvalue weighted by Crippen LogP contribution is -2.17. The molecule has 4 nitrogen and oxygen atoms in total. The molecule has 1 rings (SSSR count). The molecule has 0 saturated carbocycles. The number of nitrogens with one attached hydrogen (secondary N) is 1. The van der Waals surface area contributed by atoms with Crippen molar-refractivity contribution in [3.8, 4) is 5.75 Å². The Kier molecular flexibility index (Phi) is 4.27. The Morgan fingerprint density at radius 2 is 2.33 bits per heavy atom. The van der Waals surface area contributed by atoms with Gasteiger partial charge in [-0.1, -0.05) is 0 Å². The number of likely N-dealkylation sites (N-methyl/N-ethyl adjacent to an activating group) is 1. The fourth-order valence-corrected chi connectivity index (χ4v) is 1.38. The van der Waals surface area contributed by atoms with E-state index in [2.05, 4.69) is 5.32 Å². The van der Waals surface area contributed by atoms with Gasteiger partial charge in [-0.25, -0.2) is 0 Å². The lowest BCUT2D eigenvalue weighted by molar-refractivity contribution is 0.111. The molecule has 0 bridgehead atoms. The largest absolute Gasteiger partial charge is 0.497 e. The maximum Gasteiger partial charge on any atom is 0.150 e. The molecule has 0 radical (unpaired) electrons. The number of rotatable bonds is 5. The Morgan fingerprint density at radius 3 is 2.87 bits per heavy atom. The first-order valence-electron chi connectivity index (χ1n) is 4.68. The Morgan fingerprint density at radius 1 is 1.60 bits per heavy atom. The Bertz CT molecular complexity index is 339. The van der Waals surface area contributed by atoms with Crippen LogP contribution in [0.3, 0.4) is 0 Å². The monoisotopic (exact) mass is 209 g/mol. The van der Waals surface area contributed by atoms with Crippen molar-refractivity contribution in [2.45, 2.75) is 6.10 Å². The molecule has 15 heavy (non-hydrogen) atoms. The molecule has 1 atom stereocenters. The molecule has 0 aliphatic heterocycles. The van der Waals surface area contributed by atoms with E-state index in [0.717, 1.165) is 6.29 Å². The number of carbonyl (C=O) groups is 1. The summed E-state index contributed by atoms with van der Waals surface area (Å²) in [6, 6.07) is 5.01. The molecule has 1 unspecified atom stereocenters. The first-order chi connectivity index (χ1) is 7.22. The van der Waals surface area contributed by atoms with Crippen LogP contribution in [0.5, 0.6) is 5.75 Å². The van der Waals surface area contributed by atoms with E-state index >= 15 is 0 Å². The predicted octanol–water partition coefficient (Wildman–Crippen LogP) is 0.761. The second-order valence-corrected chi connectivity index (χ2v) is 3.19. The third-order valence-corrected chi connectivity index (χ3v) is 2.18. The molecule has 0 amide bonds. The van der Waals surface area contributed by atoms with Crippen molar-refractivity contribution in [1.82, 2.24) is 5.32 Å². The van der Waals surface area contributed by atoms with E-state index in [1.807, 2.05) is 0 Å². The summed E-state index contributed by atoms with van der Waals surface area (Å²) in [7, 11) is 3.29. The highest BCUT2D eigenvalue weighted by Crippen LogP contribution is 2.22. The molecule has 1 aromatic carbocycles. The normalized spacial score (nSPS) is 12.2. The van der Waals surface area contributed by atoms with Crippen LogP contribution in [0.25, 0.3) is 0 Å². The van der Waals surface area contributed by atoms with E-state index in [0.29, 0.717) is 23.4 Å². The van der Waals surface area contributed by atoms with Crippen LogP contribution in [0.4, 0.5) is 0 Å². The van der Waals surface area contributed by atoms with E-state index in [1.54, 1.807) is 32.4 Å². The van der Waals surface area contributed by atoms with Gasteiger partial charge >= 0.3 is 0 Å². The molecule has 0 aromatic heterocycles. The molecule has 2 N–H and O–H groups in total. The summed E-state index contributed by atoms with van der Waals surface area (Å²) in [6.45, 7) is 0.397. The van der Waals surface area contributed by atoms with E-state index in [4.69, 9.17) is 4.74 Å². The van der Waals surface area contributed by atoms with Crippen LogP contribution in [-0.4, -0.2) is 32.1 Å². The summed E-state index contributed by atoms with van der Waals surface area (Å²) in [6.07, 6.45) is 0.0264. The third-order valence-electron chi connectivity index (χ3n) is 2.18. The van der Waals surface area contributed by atoms with Gasteiger partial charge in [0.25, 0.3) is 0 Å². The summed E-state index contributed by atoms with van der Waals surface area (Å²) in [4.78, 5) is 10.8. The summed E-state index contributed by atoms with van der Waals surface area (Å²) in [5.41, 5.74) is 1.07. The molecule has 0 aliphatic carbocycles. The van der Waals surface area contributed by atoms with Gasteiger partial charge in [0.2, 0.25) is 0 Å². The van der Waals surface area contributed by atoms with Crippen LogP contribution in [0.1, 0.15) is 22.0 Å². The van der Waals surface area contributed by atoms with Gasteiger partial charge in [0.15, 0.2) is 0 Å². The molecule has 0 saturated heterocycles. The topological polar surface area (TPSA) is 58.6 Å². The highest BCUT2D eigenvalue weighted by atomic mass is 16.5. The number of aliphatic hydroxyl groups excluding tert-OH is 1. The number of aliphatic hydroxyl groups is 1. The van der Waals surface area contributed by atoms with Gasteiger partial charge < -0.3 is 15.2 Å². The van der Waals surface area contributed by atoms with Gasteiger partial charge in [-0.2, -0.15) is 0 Å². The standard InChI is InChI=1S/C11H15NO3/c1-12-6-11(14)10-5-9(15-2)4-3-8(10)7-13/h3-5,7,11-12,14H,6H2,1-2H3. The second-order valence-electron chi connectivity index (χ2n) is 3.19. The quantitative estimate of drug-likeness (QED) is 0.703. The number of methoxy groups -OCH3 is 1. The molecule has 0 aliphatic rings. The number of benzene rings is 1. The minimum absolute atomic E-state index is 0.397. The maximum absolute atomic E-state index is 10.8. The fraction of sp³-hybridized carbons (Fsp3) is 0.364. The van der Waals surface area contributed by atoms with Crippen molar-refractivity contribution in [3.63, 3.8) is 0 Å². The van der Waals surface area contributed by atoms with Crippen molar-refractivity contribution in [2.75, 3.05) is 20.7 Å². The number of aldehydes is 1. The Labute approximate surface area is 88.9 Å². The molecule has 4 heteroatoms. The number of hydrogen-bond donors (Lipinski definition) is 2.